The number of H-pyrrole nitrogens is 1. The van der Waals surface area contributed by atoms with Crippen molar-refractivity contribution in [3.05, 3.63) is 77.5 Å². The van der Waals surface area contributed by atoms with Gasteiger partial charge in [0.15, 0.2) is 0 Å². The molecule has 0 atom stereocenters. The van der Waals surface area contributed by atoms with Crippen LogP contribution in [0.25, 0.3) is 11.3 Å². The highest BCUT2D eigenvalue weighted by Crippen LogP contribution is 2.21. The van der Waals surface area contributed by atoms with E-state index in [-0.39, 0.29) is 5.82 Å². The second kappa shape index (κ2) is 5.29. The number of hydrogen-bond donors (Lipinski definition) is 1. The number of benzene rings is 2. The Morgan fingerprint density at radius 2 is 1.70 bits per heavy atom. The van der Waals surface area contributed by atoms with Crippen LogP contribution in [0.5, 0.6) is 0 Å². The van der Waals surface area contributed by atoms with Crippen LogP contribution in [0.4, 0.5) is 4.39 Å². The van der Waals surface area contributed by atoms with E-state index < -0.39 is 0 Å². The monoisotopic (exact) mass is 266 g/mol. The molecule has 2 aromatic carbocycles. The van der Waals surface area contributed by atoms with Gasteiger partial charge in [0.1, 0.15) is 11.6 Å². The number of halogens is 1. The summed E-state index contributed by atoms with van der Waals surface area (Å²) in [5.74, 6) is 0.683. The summed E-state index contributed by atoms with van der Waals surface area (Å²) in [5, 5.41) is 0. The predicted octanol–water partition coefficient (Wildman–Crippen LogP) is 4.12. The Morgan fingerprint density at radius 1 is 1.00 bits per heavy atom. The van der Waals surface area contributed by atoms with Crippen molar-refractivity contribution in [3.8, 4) is 11.3 Å². The summed E-state index contributed by atoms with van der Waals surface area (Å²) in [5.41, 5.74) is 4.17. The predicted molar refractivity (Wildman–Crippen MR) is 78.0 cm³/mol. The Balaban J connectivity index is 1.87. The Labute approximate surface area is 117 Å². The van der Waals surface area contributed by atoms with Crippen molar-refractivity contribution >= 4 is 0 Å². The summed E-state index contributed by atoms with van der Waals surface area (Å²) >= 11 is 0. The SMILES string of the molecule is Cc1[nH]c(Cc2ccc(F)cc2)nc1-c1ccccc1. The molecule has 0 amide bonds. The molecule has 3 heteroatoms. The van der Waals surface area contributed by atoms with Gasteiger partial charge in [0.25, 0.3) is 0 Å². The van der Waals surface area contributed by atoms with E-state index in [0.717, 1.165) is 28.3 Å². The van der Waals surface area contributed by atoms with E-state index in [1.165, 1.54) is 12.1 Å². The summed E-state index contributed by atoms with van der Waals surface area (Å²) in [7, 11) is 0. The van der Waals surface area contributed by atoms with Crippen LogP contribution < -0.4 is 0 Å². The van der Waals surface area contributed by atoms with Crippen LogP contribution in [0, 0.1) is 12.7 Å². The first-order chi connectivity index (χ1) is 9.72. The number of nitrogens with zero attached hydrogens (tertiary/aromatic N) is 1. The molecule has 0 fully saturated rings. The smallest absolute Gasteiger partial charge is 0.123 e. The van der Waals surface area contributed by atoms with Crippen molar-refractivity contribution in [3.63, 3.8) is 0 Å². The number of hydrogen-bond acceptors (Lipinski definition) is 1. The molecule has 0 bridgehead atoms. The van der Waals surface area contributed by atoms with Crippen LogP contribution in [0.3, 0.4) is 0 Å². The third kappa shape index (κ3) is 2.62. The van der Waals surface area contributed by atoms with Crippen molar-refractivity contribution in [2.45, 2.75) is 13.3 Å². The molecule has 3 aromatic rings. The van der Waals surface area contributed by atoms with Crippen LogP contribution in [0.2, 0.25) is 0 Å². The van der Waals surface area contributed by atoms with E-state index in [1.807, 2.05) is 37.3 Å². The third-order valence-electron chi connectivity index (χ3n) is 3.27. The van der Waals surface area contributed by atoms with Crippen LogP contribution in [-0.4, -0.2) is 9.97 Å². The van der Waals surface area contributed by atoms with E-state index in [0.29, 0.717) is 6.42 Å². The maximum atomic E-state index is 12.9. The quantitative estimate of drug-likeness (QED) is 0.759. The lowest BCUT2D eigenvalue weighted by Gasteiger charge is -1.98. The number of rotatable bonds is 3. The van der Waals surface area contributed by atoms with E-state index in [1.54, 1.807) is 12.1 Å². The van der Waals surface area contributed by atoms with E-state index >= 15 is 0 Å². The largest absolute Gasteiger partial charge is 0.345 e. The van der Waals surface area contributed by atoms with Crippen LogP contribution >= 0.6 is 0 Å². The molecule has 20 heavy (non-hydrogen) atoms. The molecule has 0 spiro atoms. The van der Waals surface area contributed by atoms with Crippen LogP contribution in [-0.2, 0) is 6.42 Å². The second-order valence-electron chi connectivity index (χ2n) is 4.83. The number of nitrogens with one attached hydrogen (secondary N) is 1. The maximum Gasteiger partial charge on any atom is 0.123 e. The van der Waals surface area contributed by atoms with E-state index in [4.69, 9.17) is 0 Å². The van der Waals surface area contributed by atoms with Crippen LogP contribution in [0.15, 0.2) is 54.6 Å². The fraction of sp³-hybridized carbons (Fsp3) is 0.118. The molecular weight excluding hydrogens is 251 g/mol. The molecular formula is C17H15FN2. The first-order valence-corrected chi connectivity index (χ1v) is 6.58. The second-order valence-corrected chi connectivity index (χ2v) is 4.83. The zero-order valence-electron chi connectivity index (χ0n) is 11.2. The van der Waals surface area contributed by atoms with Gasteiger partial charge in [-0.2, -0.15) is 0 Å². The Hall–Kier alpha value is -2.42. The van der Waals surface area contributed by atoms with Gasteiger partial charge in [-0.1, -0.05) is 42.5 Å². The van der Waals surface area contributed by atoms with Gasteiger partial charge in [-0.05, 0) is 24.6 Å². The van der Waals surface area contributed by atoms with Gasteiger partial charge in [0, 0.05) is 17.7 Å². The molecule has 0 aliphatic carbocycles. The molecule has 0 saturated heterocycles. The molecule has 0 aliphatic heterocycles. The first kappa shape index (κ1) is 12.6. The lowest BCUT2D eigenvalue weighted by molar-refractivity contribution is 0.627. The molecule has 1 N–H and O–H groups in total. The normalized spacial score (nSPS) is 10.7. The van der Waals surface area contributed by atoms with Crippen molar-refractivity contribution in [1.82, 2.24) is 9.97 Å². The molecule has 1 aromatic heterocycles. The molecule has 0 aliphatic rings. The average molecular weight is 266 g/mol. The minimum atomic E-state index is -0.214. The highest BCUT2D eigenvalue weighted by Gasteiger charge is 2.09. The fourth-order valence-electron chi connectivity index (χ4n) is 2.28. The highest BCUT2D eigenvalue weighted by molar-refractivity contribution is 5.61. The molecule has 0 unspecified atom stereocenters. The molecule has 0 radical (unpaired) electrons. The molecule has 3 rings (SSSR count). The minimum Gasteiger partial charge on any atom is -0.345 e. The summed E-state index contributed by atoms with van der Waals surface area (Å²) in [6, 6.07) is 16.6. The zero-order valence-corrected chi connectivity index (χ0v) is 11.2. The third-order valence-corrected chi connectivity index (χ3v) is 3.27. The molecule has 1 heterocycles. The molecule has 0 saturated carbocycles. The summed E-state index contributed by atoms with van der Waals surface area (Å²) in [4.78, 5) is 7.95. The van der Waals surface area contributed by atoms with Gasteiger partial charge in [-0.15, -0.1) is 0 Å². The van der Waals surface area contributed by atoms with Gasteiger partial charge < -0.3 is 4.98 Å². The number of aryl methyl sites for hydroxylation is 1. The van der Waals surface area contributed by atoms with Gasteiger partial charge in [0.05, 0.1) is 5.69 Å². The highest BCUT2D eigenvalue weighted by atomic mass is 19.1. The zero-order chi connectivity index (χ0) is 13.9. The van der Waals surface area contributed by atoms with Crippen molar-refractivity contribution in [2.24, 2.45) is 0 Å². The molecule has 100 valence electrons. The number of imidazole rings is 1. The summed E-state index contributed by atoms with van der Waals surface area (Å²) in [6.07, 6.45) is 0.675. The van der Waals surface area contributed by atoms with Crippen molar-refractivity contribution in [2.75, 3.05) is 0 Å². The number of aromatic nitrogens is 2. The van der Waals surface area contributed by atoms with E-state index in [9.17, 15) is 4.39 Å². The van der Waals surface area contributed by atoms with Gasteiger partial charge in [0.2, 0.25) is 0 Å². The van der Waals surface area contributed by atoms with Crippen LogP contribution in [0.1, 0.15) is 17.1 Å². The van der Waals surface area contributed by atoms with Gasteiger partial charge in [-0.3, -0.25) is 0 Å². The van der Waals surface area contributed by atoms with Gasteiger partial charge >= 0.3 is 0 Å². The van der Waals surface area contributed by atoms with Gasteiger partial charge in [-0.25, -0.2) is 9.37 Å². The average Bonchev–Trinajstić information content (AvgIpc) is 2.83. The lowest BCUT2D eigenvalue weighted by Crippen LogP contribution is -1.91. The topological polar surface area (TPSA) is 28.7 Å². The maximum absolute atomic E-state index is 12.9. The number of aromatic amines is 1. The van der Waals surface area contributed by atoms with Crippen molar-refractivity contribution < 1.29 is 4.39 Å². The fourth-order valence-corrected chi connectivity index (χ4v) is 2.28. The van der Waals surface area contributed by atoms with Crippen molar-refractivity contribution in [1.29, 1.82) is 0 Å². The minimum absolute atomic E-state index is 0.214. The standard InChI is InChI=1S/C17H15FN2/c1-12-17(14-5-3-2-4-6-14)20-16(19-12)11-13-7-9-15(18)10-8-13/h2-10H,11H2,1H3,(H,19,20). The first-order valence-electron chi connectivity index (χ1n) is 6.58. The summed E-state index contributed by atoms with van der Waals surface area (Å²) < 4.78 is 12.9. The Bertz CT molecular complexity index is 700. The Kier molecular flexibility index (Phi) is 3.33. The van der Waals surface area contributed by atoms with E-state index in [2.05, 4.69) is 9.97 Å². The summed E-state index contributed by atoms with van der Waals surface area (Å²) in [6.45, 7) is 2.02. The lowest BCUT2D eigenvalue weighted by atomic mass is 10.1. The Morgan fingerprint density at radius 3 is 2.40 bits per heavy atom. The molecule has 2 nitrogen and oxygen atoms in total.